The van der Waals surface area contributed by atoms with Gasteiger partial charge in [-0.3, -0.25) is 9.97 Å². The van der Waals surface area contributed by atoms with Crippen LogP contribution in [0.4, 0.5) is 0 Å². The number of hydrogen-bond donors (Lipinski definition) is 1. The van der Waals surface area contributed by atoms with Crippen molar-refractivity contribution in [3.8, 4) is 11.4 Å². The van der Waals surface area contributed by atoms with Gasteiger partial charge in [-0.1, -0.05) is 0 Å². The number of nitrogens with one attached hydrogen (secondary N) is 1. The van der Waals surface area contributed by atoms with Crippen LogP contribution in [0.1, 0.15) is 5.56 Å². The minimum atomic E-state index is 0.425. The summed E-state index contributed by atoms with van der Waals surface area (Å²) in [5, 5.41) is 11.3. The van der Waals surface area contributed by atoms with E-state index in [1.54, 1.807) is 35.7 Å². The van der Waals surface area contributed by atoms with Crippen LogP contribution in [0.3, 0.4) is 0 Å². The molecule has 0 amide bonds. The third-order valence-electron chi connectivity index (χ3n) is 2.60. The van der Waals surface area contributed by atoms with E-state index >= 15 is 0 Å². The van der Waals surface area contributed by atoms with E-state index in [1.165, 1.54) is 0 Å². The molecule has 20 heavy (non-hydrogen) atoms. The summed E-state index contributed by atoms with van der Waals surface area (Å²) in [5.41, 5.74) is 1.77. The molecule has 0 aliphatic heterocycles. The first-order valence-corrected chi connectivity index (χ1v) is 6.27. The molecule has 0 unspecified atom stereocenters. The molecule has 98 valence electrons. The van der Waals surface area contributed by atoms with Crippen LogP contribution >= 0.6 is 12.2 Å². The molecular weight excluding hydrogens is 272 g/mol. The van der Waals surface area contributed by atoms with Gasteiger partial charge in [-0.05, 0) is 42.0 Å². The predicted octanol–water partition coefficient (Wildman–Crippen LogP) is 2.28. The molecule has 0 aromatic carbocycles. The van der Waals surface area contributed by atoms with Crippen LogP contribution in [0.15, 0.2) is 54.2 Å². The lowest BCUT2D eigenvalue weighted by Crippen LogP contribution is -1.95. The van der Waals surface area contributed by atoms with Crippen molar-refractivity contribution in [2.45, 2.75) is 0 Å². The van der Waals surface area contributed by atoms with E-state index in [2.05, 4.69) is 25.3 Å². The second-order valence-electron chi connectivity index (χ2n) is 3.93. The van der Waals surface area contributed by atoms with Gasteiger partial charge >= 0.3 is 0 Å². The van der Waals surface area contributed by atoms with Gasteiger partial charge in [0.2, 0.25) is 4.77 Å². The monoisotopic (exact) mass is 282 g/mol. The maximum Gasteiger partial charge on any atom is 0.216 e. The zero-order chi connectivity index (χ0) is 13.8. The first-order chi connectivity index (χ1) is 9.84. The van der Waals surface area contributed by atoms with Crippen molar-refractivity contribution in [3.05, 3.63) is 59.4 Å². The Balaban J connectivity index is 2.01. The lowest BCUT2D eigenvalue weighted by molar-refractivity contribution is 0.871. The number of H-pyrrole nitrogens is 1. The Morgan fingerprint density at radius 1 is 1.15 bits per heavy atom. The molecule has 3 aromatic rings. The van der Waals surface area contributed by atoms with Gasteiger partial charge in [-0.2, -0.15) is 14.9 Å². The molecule has 0 saturated carbocycles. The van der Waals surface area contributed by atoms with Crippen molar-refractivity contribution in [3.63, 3.8) is 0 Å². The first-order valence-electron chi connectivity index (χ1n) is 5.87. The number of rotatable bonds is 3. The summed E-state index contributed by atoms with van der Waals surface area (Å²) in [6.07, 6.45) is 8.53. The predicted molar refractivity (Wildman–Crippen MR) is 77.9 cm³/mol. The van der Waals surface area contributed by atoms with Crippen molar-refractivity contribution in [2.75, 3.05) is 0 Å². The van der Waals surface area contributed by atoms with Crippen molar-refractivity contribution in [2.24, 2.45) is 5.10 Å². The van der Waals surface area contributed by atoms with Crippen LogP contribution in [0, 0.1) is 4.77 Å². The maximum atomic E-state index is 5.19. The third kappa shape index (κ3) is 2.52. The maximum absolute atomic E-state index is 5.19. The van der Waals surface area contributed by atoms with Gasteiger partial charge in [-0.15, -0.1) is 0 Å². The second kappa shape index (κ2) is 5.54. The molecule has 0 bridgehead atoms. The number of aromatic amines is 1. The molecule has 3 rings (SSSR count). The number of pyridine rings is 2. The number of nitrogens with zero attached hydrogens (tertiary/aromatic N) is 5. The minimum absolute atomic E-state index is 0.425. The van der Waals surface area contributed by atoms with Crippen molar-refractivity contribution >= 4 is 18.4 Å². The molecule has 0 atom stereocenters. The standard InChI is InChI=1S/C13H10N6S/c20-13-18-17-12(11-2-1-5-15-9-11)19(13)16-8-10-3-6-14-7-4-10/h1-9H,(H,18,20)/b16-8-. The van der Waals surface area contributed by atoms with Crippen LogP contribution in [-0.4, -0.2) is 31.1 Å². The Labute approximate surface area is 119 Å². The second-order valence-corrected chi connectivity index (χ2v) is 4.32. The van der Waals surface area contributed by atoms with Gasteiger partial charge in [0.25, 0.3) is 0 Å². The van der Waals surface area contributed by atoms with Crippen LogP contribution in [0.2, 0.25) is 0 Å². The molecule has 7 heteroatoms. The topological polar surface area (TPSA) is 71.8 Å². The van der Waals surface area contributed by atoms with Crippen molar-refractivity contribution in [1.82, 2.24) is 24.8 Å². The van der Waals surface area contributed by atoms with E-state index < -0.39 is 0 Å². The zero-order valence-electron chi connectivity index (χ0n) is 10.3. The van der Waals surface area contributed by atoms with Crippen LogP contribution in [-0.2, 0) is 0 Å². The Hall–Kier alpha value is -2.67. The fourth-order valence-electron chi connectivity index (χ4n) is 1.65. The summed E-state index contributed by atoms with van der Waals surface area (Å²) >= 11 is 5.19. The fraction of sp³-hybridized carbons (Fsp3) is 0. The molecule has 0 fully saturated rings. The number of aromatic nitrogens is 5. The summed E-state index contributed by atoms with van der Waals surface area (Å²) in [7, 11) is 0. The molecule has 3 aromatic heterocycles. The highest BCUT2D eigenvalue weighted by atomic mass is 32.1. The van der Waals surface area contributed by atoms with E-state index in [0.717, 1.165) is 11.1 Å². The van der Waals surface area contributed by atoms with Crippen molar-refractivity contribution in [1.29, 1.82) is 0 Å². The van der Waals surface area contributed by atoms with Gasteiger partial charge < -0.3 is 0 Å². The third-order valence-corrected chi connectivity index (χ3v) is 2.86. The van der Waals surface area contributed by atoms with E-state index in [-0.39, 0.29) is 0 Å². The van der Waals surface area contributed by atoms with Crippen molar-refractivity contribution < 1.29 is 0 Å². The molecule has 3 heterocycles. The van der Waals surface area contributed by atoms with E-state index in [1.807, 2.05) is 24.3 Å². The van der Waals surface area contributed by atoms with Gasteiger partial charge in [0.1, 0.15) is 0 Å². The largest absolute Gasteiger partial charge is 0.265 e. The summed E-state index contributed by atoms with van der Waals surface area (Å²) in [5.74, 6) is 0.619. The molecule has 0 aliphatic rings. The molecule has 6 nitrogen and oxygen atoms in total. The Morgan fingerprint density at radius 3 is 2.75 bits per heavy atom. The molecule has 0 saturated heterocycles. The van der Waals surface area contributed by atoms with E-state index in [4.69, 9.17) is 12.2 Å². The van der Waals surface area contributed by atoms with Crippen LogP contribution in [0.5, 0.6) is 0 Å². The quantitative estimate of drug-likeness (QED) is 0.591. The minimum Gasteiger partial charge on any atom is -0.265 e. The molecule has 0 radical (unpaired) electrons. The Kier molecular flexibility index (Phi) is 3.42. The highest BCUT2D eigenvalue weighted by Crippen LogP contribution is 2.15. The van der Waals surface area contributed by atoms with Gasteiger partial charge in [0.15, 0.2) is 5.82 Å². The lowest BCUT2D eigenvalue weighted by Gasteiger charge is -1.99. The summed E-state index contributed by atoms with van der Waals surface area (Å²) in [4.78, 5) is 8.03. The van der Waals surface area contributed by atoms with Gasteiger partial charge in [0.05, 0.1) is 6.21 Å². The fourth-order valence-corrected chi connectivity index (χ4v) is 1.83. The summed E-state index contributed by atoms with van der Waals surface area (Å²) in [6, 6.07) is 7.45. The highest BCUT2D eigenvalue weighted by molar-refractivity contribution is 7.71. The summed E-state index contributed by atoms with van der Waals surface area (Å²) < 4.78 is 1.99. The molecule has 0 aliphatic carbocycles. The molecular formula is C13H10N6S. The highest BCUT2D eigenvalue weighted by Gasteiger charge is 2.07. The van der Waals surface area contributed by atoms with E-state index in [0.29, 0.717) is 10.6 Å². The summed E-state index contributed by atoms with van der Waals surface area (Å²) in [6.45, 7) is 0. The van der Waals surface area contributed by atoms with Gasteiger partial charge in [-0.25, -0.2) is 5.10 Å². The SMILES string of the molecule is S=c1[nH]nc(-c2cccnc2)n1/N=C\c1ccncc1. The molecule has 1 N–H and O–H groups in total. The van der Waals surface area contributed by atoms with Crippen LogP contribution in [0.25, 0.3) is 11.4 Å². The lowest BCUT2D eigenvalue weighted by atomic mass is 10.3. The Morgan fingerprint density at radius 2 is 2.00 bits per heavy atom. The Bertz CT molecular complexity index is 775. The average molecular weight is 282 g/mol. The van der Waals surface area contributed by atoms with Gasteiger partial charge in [0, 0.05) is 30.4 Å². The zero-order valence-corrected chi connectivity index (χ0v) is 11.2. The normalized spacial score (nSPS) is 11.0. The smallest absolute Gasteiger partial charge is 0.216 e. The van der Waals surface area contributed by atoms with E-state index in [9.17, 15) is 0 Å². The average Bonchev–Trinajstić information content (AvgIpc) is 2.88. The first kappa shape index (κ1) is 12.4. The number of hydrogen-bond acceptors (Lipinski definition) is 5. The van der Waals surface area contributed by atoms with Crippen LogP contribution < -0.4 is 0 Å². The molecule has 0 spiro atoms.